The molecule has 1 N–H and O–H groups in total. The summed E-state index contributed by atoms with van der Waals surface area (Å²) in [5, 5.41) is 3.47. The smallest absolute Gasteiger partial charge is 0.225 e. The summed E-state index contributed by atoms with van der Waals surface area (Å²) in [6, 6.07) is 0. The molecule has 1 spiro atoms. The SMILES string of the molecule is CC(C)C(=O)N1CC[C@@]2(CCCNC2)C1. The molecule has 2 saturated heterocycles. The number of piperidine rings is 1. The van der Waals surface area contributed by atoms with E-state index in [1.165, 1.54) is 19.3 Å². The minimum Gasteiger partial charge on any atom is -0.342 e. The van der Waals surface area contributed by atoms with Gasteiger partial charge in [-0.25, -0.2) is 0 Å². The van der Waals surface area contributed by atoms with Crippen LogP contribution < -0.4 is 5.32 Å². The molecule has 3 nitrogen and oxygen atoms in total. The van der Waals surface area contributed by atoms with E-state index in [0.29, 0.717) is 11.3 Å². The van der Waals surface area contributed by atoms with Gasteiger partial charge >= 0.3 is 0 Å². The molecule has 0 aromatic rings. The lowest BCUT2D eigenvalue weighted by Crippen LogP contribution is -2.43. The number of likely N-dealkylation sites (tertiary alicyclic amines) is 1. The van der Waals surface area contributed by atoms with E-state index in [1.807, 2.05) is 13.8 Å². The van der Waals surface area contributed by atoms with E-state index in [9.17, 15) is 4.79 Å². The van der Waals surface area contributed by atoms with E-state index in [1.54, 1.807) is 0 Å². The Hall–Kier alpha value is -0.570. The third-order valence-electron chi connectivity index (χ3n) is 3.80. The number of nitrogens with one attached hydrogen (secondary N) is 1. The summed E-state index contributed by atoms with van der Waals surface area (Å²) in [4.78, 5) is 13.9. The molecule has 2 rings (SSSR count). The summed E-state index contributed by atoms with van der Waals surface area (Å²) in [5.41, 5.74) is 0.406. The number of nitrogens with zero attached hydrogens (tertiary/aromatic N) is 1. The van der Waals surface area contributed by atoms with Crippen LogP contribution in [0.2, 0.25) is 0 Å². The van der Waals surface area contributed by atoms with Crippen molar-refractivity contribution >= 4 is 5.91 Å². The van der Waals surface area contributed by atoms with Crippen molar-refractivity contribution in [3.05, 3.63) is 0 Å². The molecule has 0 aliphatic carbocycles. The monoisotopic (exact) mass is 210 g/mol. The van der Waals surface area contributed by atoms with Crippen LogP contribution in [-0.2, 0) is 4.79 Å². The van der Waals surface area contributed by atoms with Crippen LogP contribution >= 0.6 is 0 Å². The van der Waals surface area contributed by atoms with Gasteiger partial charge in [-0.3, -0.25) is 4.79 Å². The van der Waals surface area contributed by atoms with E-state index < -0.39 is 0 Å². The van der Waals surface area contributed by atoms with Crippen molar-refractivity contribution < 1.29 is 4.79 Å². The van der Waals surface area contributed by atoms with Crippen molar-refractivity contribution in [1.82, 2.24) is 10.2 Å². The fourth-order valence-corrected chi connectivity index (χ4v) is 2.87. The molecule has 86 valence electrons. The normalized spacial score (nSPS) is 31.5. The maximum absolute atomic E-state index is 11.9. The molecule has 0 bridgehead atoms. The fraction of sp³-hybridized carbons (Fsp3) is 0.917. The molecular formula is C12H22N2O. The van der Waals surface area contributed by atoms with Gasteiger partial charge in [0.25, 0.3) is 0 Å². The van der Waals surface area contributed by atoms with Crippen LogP contribution in [0.15, 0.2) is 0 Å². The van der Waals surface area contributed by atoms with E-state index in [2.05, 4.69) is 10.2 Å². The van der Waals surface area contributed by atoms with Crippen molar-refractivity contribution in [2.45, 2.75) is 33.1 Å². The highest BCUT2D eigenvalue weighted by Gasteiger charge is 2.40. The predicted octanol–water partition coefficient (Wildman–Crippen LogP) is 1.24. The Kier molecular flexibility index (Phi) is 3.01. The first-order valence-electron chi connectivity index (χ1n) is 6.12. The molecule has 1 amide bonds. The third kappa shape index (κ3) is 2.17. The zero-order valence-corrected chi connectivity index (χ0v) is 9.88. The second-order valence-corrected chi connectivity index (χ2v) is 5.44. The molecule has 0 aromatic carbocycles. The first kappa shape index (κ1) is 10.9. The number of hydrogen-bond donors (Lipinski definition) is 1. The molecule has 0 radical (unpaired) electrons. The van der Waals surface area contributed by atoms with Gasteiger partial charge in [-0.05, 0) is 25.8 Å². The summed E-state index contributed by atoms with van der Waals surface area (Å²) < 4.78 is 0. The maximum atomic E-state index is 11.9. The lowest BCUT2D eigenvalue weighted by molar-refractivity contribution is -0.133. The Labute approximate surface area is 92.2 Å². The summed E-state index contributed by atoms with van der Waals surface area (Å²) in [7, 11) is 0. The highest BCUT2D eigenvalue weighted by Crippen LogP contribution is 2.36. The van der Waals surface area contributed by atoms with E-state index in [4.69, 9.17) is 0 Å². The minimum atomic E-state index is 0.150. The van der Waals surface area contributed by atoms with Gasteiger partial charge in [0.1, 0.15) is 0 Å². The van der Waals surface area contributed by atoms with Crippen molar-refractivity contribution in [2.75, 3.05) is 26.2 Å². The Morgan fingerprint density at radius 2 is 2.20 bits per heavy atom. The molecular weight excluding hydrogens is 188 g/mol. The first-order valence-corrected chi connectivity index (χ1v) is 6.12. The van der Waals surface area contributed by atoms with Crippen LogP contribution in [0.4, 0.5) is 0 Å². The largest absolute Gasteiger partial charge is 0.342 e. The van der Waals surface area contributed by atoms with Crippen LogP contribution in [0.1, 0.15) is 33.1 Å². The van der Waals surface area contributed by atoms with E-state index in [-0.39, 0.29) is 5.92 Å². The third-order valence-corrected chi connectivity index (χ3v) is 3.80. The Morgan fingerprint density at radius 1 is 1.40 bits per heavy atom. The van der Waals surface area contributed by atoms with Crippen LogP contribution in [-0.4, -0.2) is 37.0 Å². The van der Waals surface area contributed by atoms with Crippen molar-refractivity contribution in [3.63, 3.8) is 0 Å². The number of carbonyl (C=O) groups is 1. The van der Waals surface area contributed by atoms with Gasteiger partial charge in [0.2, 0.25) is 5.91 Å². The summed E-state index contributed by atoms with van der Waals surface area (Å²) >= 11 is 0. The highest BCUT2D eigenvalue weighted by atomic mass is 16.2. The molecule has 2 aliphatic heterocycles. The second kappa shape index (κ2) is 4.12. The molecule has 0 saturated carbocycles. The summed E-state index contributed by atoms with van der Waals surface area (Å²) in [6.07, 6.45) is 3.75. The van der Waals surface area contributed by atoms with Crippen molar-refractivity contribution in [3.8, 4) is 0 Å². The highest BCUT2D eigenvalue weighted by molar-refractivity contribution is 5.78. The lowest BCUT2D eigenvalue weighted by Gasteiger charge is -2.34. The van der Waals surface area contributed by atoms with Crippen LogP contribution in [0.3, 0.4) is 0 Å². The Balaban J connectivity index is 1.96. The quantitative estimate of drug-likeness (QED) is 0.706. The van der Waals surface area contributed by atoms with Gasteiger partial charge in [0, 0.05) is 31.0 Å². The standard InChI is InChI=1S/C12H22N2O/c1-10(2)11(15)14-7-5-12(9-14)4-3-6-13-8-12/h10,13H,3-9H2,1-2H3/t12-/m1/s1. The molecule has 2 heterocycles. The summed E-state index contributed by atoms with van der Waals surface area (Å²) in [5.74, 6) is 0.481. The first-order chi connectivity index (χ1) is 7.13. The fourth-order valence-electron chi connectivity index (χ4n) is 2.87. The average Bonchev–Trinajstić information content (AvgIpc) is 2.62. The Bertz CT molecular complexity index is 244. The molecule has 2 fully saturated rings. The zero-order valence-electron chi connectivity index (χ0n) is 9.88. The van der Waals surface area contributed by atoms with Crippen molar-refractivity contribution in [2.24, 2.45) is 11.3 Å². The zero-order chi connectivity index (χ0) is 10.9. The van der Waals surface area contributed by atoms with Gasteiger partial charge in [-0.15, -0.1) is 0 Å². The maximum Gasteiger partial charge on any atom is 0.225 e. The minimum absolute atomic E-state index is 0.150. The lowest BCUT2D eigenvalue weighted by atomic mass is 9.80. The van der Waals surface area contributed by atoms with Crippen LogP contribution in [0, 0.1) is 11.3 Å². The van der Waals surface area contributed by atoms with Crippen molar-refractivity contribution in [1.29, 1.82) is 0 Å². The van der Waals surface area contributed by atoms with Gasteiger partial charge in [-0.2, -0.15) is 0 Å². The number of rotatable bonds is 1. The second-order valence-electron chi connectivity index (χ2n) is 5.44. The number of amides is 1. The Morgan fingerprint density at radius 3 is 2.80 bits per heavy atom. The molecule has 0 aromatic heterocycles. The average molecular weight is 210 g/mol. The van der Waals surface area contributed by atoms with Gasteiger partial charge < -0.3 is 10.2 Å². The number of hydrogen-bond acceptors (Lipinski definition) is 2. The molecule has 15 heavy (non-hydrogen) atoms. The van der Waals surface area contributed by atoms with E-state index >= 15 is 0 Å². The predicted molar refractivity (Wildman–Crippen MR) is 60.6 cm³/mol. The van der Waals surface area contributed by atoms with E-state index in [0.717, 1.165) is 26.2 Å². The van der Waals surface area contributed by atoms with Gasteiger partial charge in [0.05, 0.1) is 0 Å². The van der Waals surface area contributed by atoms with Crippen LogP contribution in [0.5, 0.6) is 0 Å². The van der Waals surface area contributed by atoms with Gasteiger partial charge in [0.15, 0.2) is 0 Å². The van der Waals surface area contributed by atoms with Gasteiger partial charge in [-0.1, -0.05) is 13.8 Å². The molecule has 0 unspecified atom stereocenters. The topological polar surface area (TPSA) is 32.3 Å². The summed E-state index contributed by atoms with van der Waals surface area (Å²) in [6.45, 7) is 8.20. The molecule has 2 aliphatic rings. The molecule has 3 heteroatoms. The van der Waals surface area contributed by atoms with Crippen LogP contribution in [0.25, 0.3) is 0 Å². The number of carbonyl (C=O) groups excluding carboxylic acids is 1. The molecule has 1 atom stereocenters.